The maximum absolute atomic E-state index is 12.4. The largest absolute Gasteiger partial charge is 0.492 e. The molecule has 5 aromatic heterocycles. The minimum absolute atomic E-state index is 0.00163. The van der Waals surface area contributed by atoms with E-state index in [0.717, 1.165) is 106 Å². The summed E-state index contributed by atoms with van der Waals surface area (Å²) in [7, 11) is 11.3. The lowest BCUT2D eigenvalue weighted by atomic mass is 9.83. The van der Waals surface area contributed by atoms with E-state index in [4.69, 9.17) is 51.0 Å². The van der Waals surface area contributed by atoms with Gasteiger partial charge in [-0.2, -0.15) is 8.78 Å². The average molecular weight is 1780 g/mol. The van der Waals surface area contributed by atoms with Gasteiger partial charge in [-0.15, -0.1) is 0 Å². The van der Waals surface area contributed by atoms with E-state index in [1.165, 1.54) is 12.1 Å². The van der Waals surface area contributed by atoms with Crippen molar-refractivity contribution in [1.29, 1.82) is 0 Å². The number of alkyl halides is 2. The first-order valence-electron chi connectivity index (χ1n) is 43.5. The Hall–Kier alpha value is -13.8. The number of ether oxygens (including phenoxy) is 7. The van der Waals surface area contributed by atoms with Gasteiger partial charge in [-0.05, 0) is 235 Å². The molecule has 10 aromatic carbocycles. The van der Waals surface area contributed by atoms with Crippen LogP contribution in [0.4, 0.5) is 8.78 Å². The number of hydrogen-bond acceptors (Lipinski definition) is 29. The Morgan fingerprint density at radius 1 is 0.305 bits per heavy atom. The van der Waals surface area contributed by atoms with Crippen molar-refractivity contribution in [2.75, 3.05) is 95.1 Å². The van der Waals surface area contributed by atoms with Crippen molar-refractivity contribution in [3.05, 3.63) is 180 Å². The fourth-order valence-electron chi connectivity index (χ4n) is 17.6. The van der Waals surface area contributed by atoms with Crippen molar-refractivity contribution in [3.63, 3.8) is 0 Å². The fraction of sp³-hybridized carbons (Fsp3) is 0.350. The van der Waals surface area contributed by atoms with Gasteiger partial charge in [0.2, 0.25) is 0 Å². The van der Waals surface area contributed by atoms with Crippen LogP contribution in [-0.2, 0) is 57.4 Å². The molecule has 29 nitrogen and oxygen atoms in total. The van der Waals surface area contributed by atoms with E-state index < -0.39 is 12.5 Å². The molecular formula is C100H95F2N7O22. The molecule has 0 bridgehead atoms. The summed E-state index contributed by atoms with van der Waals surface area (Å²) in [6.07, 6.45) is 4.26. The maximum atomic E-state index is 12.4. The zero-order chi connectivity index (χ0) is 91.7. The van der Waals surface area contributed by atoms with Crippen LogP contribution in [0.15, 0.2) is 174 Å². The zero-order valence-corrected chi connectivity index (χ0v) is 73.0. The van der Waals surface area contributed by atoms with Crippen LogP contribution in [0.2, 0.25) is 0 Å². The molecule has 0 unspecified atom stereocenters. The van der Waals surface area contributed by atoms with Crippen LogP contribution in [0, 0.1) is 0 Å². The number of halogens is 2. The van der Waals surface area contributed by atoms with E-state index in [0.29, 0.717) is 171 Å². The molecule has 0 saturated heterocycles. The molecule has 5 atom stereocenters. The first-order chi connectivity index (χ1) is 63.4. The summed E-state index contributed by atoms with van der Waals surface area (Å²) in [5, 5.41) is 34.1. The van der Waals surface area contributed by atoms with E-state index in [1.54, 1.807) is 32.4 Å². The highest BCUT2D eigenvalue weighted by atomic mass is 19.3. The smallest absolute Gasteiger partial charge is 0.387 e. The molecule has 5 aliphatic carbocycles. The van der Waals surface area contributed by atoms with E-state index in [9.17, 15) is 56.7 Å². The zero-order valence-electron chi connectivity index (χ0n) is 73.0. The normalized spacial score (nSPS) is 18.1. The summed E-state index contributed by atoms with van der Waals surface area (Å²) in [4.78, 5) is 123. The van der Waals surface area contributed by atoms with E-state index >= 15 is 0 Å². The summed E-state index contributed by atoms with van der Waals surface area (Å²) >= 11 is 0. The van der Waals surface area contributed by atoms with Crippen molar-refractivity contribution in [2.24, 2.45) is 0 Å². The number of fused-ring (bicyclic) bond motifs is 15. The number of rotatable bonds is 23. The minimum atomic E-state index is -2.90. The lowest BCUT2D eigenvalue weighted by molar-refractivity contribution is -0.132. The molecule has 0 N–H and O–H groups in total. The van der Waals surface area contributed by atoms with E-state index in [-0.39, 0.29) is 119 Å². The first-order valence-corrected chi connectivity index (χ1v) is 43.5. The van der Waals surface area contributed by atoms with Crippen LogP contribution < -0.4 is 23.7 Å². The van der Waals surface area contributed by atoms with Crippen molar-refractivity contribution < 1.29 is 112 Å². The number of ketones is 10. The van der Waals surface area contributed by atoms with Gasteiger partial charge < -0.3 is 65.6 Å². The number of nitrogens with zero attached hydrogens (tertiary/aromatic N) is 7. The molecule has 131 heavy (non-hydrogen) atoms. The minimum Gasteiger partial charge on any atom is -0.492 e. The summed E-state index contributed by atoms with van der Waals surface area (Å²) in [6.45, 7) is 2.02. The molecule has 0 spiro atoms. The molecule has 5 fully saturated rings. The molecule has 31 heteroatoms. The van der Waals surface area contributed by atoms with Crippen molar-refractivity contribution >= 4 is 167 Å². The van der Waals surface area contributed by atoms with Gasteiger partial charge in [0.15, 0.2) is 27.9 Å². The third-order valence-electron chi connectivity index (χ3n) is 24.2. The van der Waals surface area contributed by atoms with Gasteiger partial charge in [-0.25, -0.2) is 0 Å². The predicted octanol–water partition coefficient (Wildman–Crippen LogP) is 17.5. The molecule has 676 valence electrons. The SMILES string of the molecule is CN(C)CCOc1ccc2c(ccc3onc([C@@H]4CCC(=O)CC4=O)c32)c1.CN(C)CCOc1ccc2c(ccc3onc([C@H]4CCC(=O)CC4=O)c32)c1.COCCOc1ccc2c(ccc3onc([C@@H]4CCC(=O)CC4=O)c32)c1.COCCOc1ccc2c(ccc3onc([C@H]4CCC(=O)CC4=O)c32)c1.O=C1CC[C@@H](c2noc3ccc4cc(OC(F)F)ccc4c23)C(=O)C1. The lowest BCUT2D eigenvalue weighted by Crippen LogP contribution is -2.23. The van der Waals surface area contributed by atoms with Gasteiger partial charge in [0.1, 0.15) is 141 Å². The van der Waals surface area contributed by atoms with Crippen LogP contribution >= 0.6 is 0 Å². The second-order valence-corrected chi connectivity index (χ2v) is 33.7. The Bertz CT molecular complexity index is 6590. The standard InChI is InChI=1S/2C21H22N2O4.2C20H19NO5.C18H13F2NO4/c2*1-23(2)9-10-26-15-5-7-16-13(11-15)3-8-19-20(16)21(22-27-19)17-6-4-14(24)12-18(17)25;2*1-24-8-9-25-14-4-6-15-12(10-14)2-7-18-19(15)20(21-26-18)16-5-3-13(22)11-17(16)23;19-18(20)24-11-3-5-12-9(7-11)1-6-15-16(12)17(21-25-15)13-4-2-10(22)8-14(13)23/h2*3,5,7-8,11,17H,4,6,9-10,12H2,1-2H3;2*2,4,6-7,10,16H,3,5,8-9,11H2,1H3;1,3,5-7,13,18H,2,4,8H2/t2*17-;2*16-;13-/m10101/s1. The van der Waals surface area contributed by atoms with Crippen molar-refractivity contribution in [3.8, 4) is 28.7 Å². The van der Waals surface area contributed by atoms with Crippen LogP contribution in [0.1, 0.15) is 154 Å². The second-order valence-electron chi connectivity index (χ2n) is 33.7. The van der Waals surface area contributed by atoms with Gasteiger partial charge in [0, 0.05) is 59.4 Å². The van der Waals surface area contributed by atoms with Crippen LogP contribution in [0.25, 0.3) is 109 Å². The van der Waals surface area contributed by atoms with Crippen molar-refractivity contribution in [1.82, 2.24) is 35.6 Å². The van der Waals surface area contributed by atoms with E-state index in [1.807, 2.05) is 150 Å². The topological polar surface area (TPSA) is 372 Å². The third kappa shape index (κ3) is 20.5. The monoisotopic (exact) mass is 1780 g/mol. The summed E-state index contributed by atoms with van der Waals surface area (Å²) in [5.74, 6) is 0.704. The van der Waals surface area contributed by atoms with Crippen LogP contribution in [0.5, 0.6) is 28.7 Å². The molecule has 5 saturated carbocycles. The highest BCUT2D eigenvalue weighted by Gasteiger charge is 2.38. The number of benzene rings is 10. The predicted molar refractivity (Wildman–Crippen MR) is 480 cm³/mol. The Morgan fingerprint density at radius 3 is 0.740 bits per heavy atom. The number of carbonyl (C=O) groups is 10. The van der Waals surface area contributed by atoms with Gasteiger partial charge >= 0.3 is 6.61 Å². The lowest BCUT2D eigenvalue weighted by Gasteiger charge is -2.18. The molecule has 5 aliphatic rings. The van der Waals surface area contributed by atoms with Gasteiger partial charge in [0.05, 0.1) is 102 Å². The quantitative estimate of drug-likeness (QED) is 0.0424. The molecule has 0 amide bonds. The Morgan fingerprint density at radius 2 is 0.527 bits per heavy atom. The molecular weight excluding hydrogens is 1690 g/mol. The first kappa shape index (κ1) is 90.6. The number of hydrogen-bond donors (Lipinski definition) is 0. The van der Waals surface area contributed by atoms with Crippen LogP contribution in [-0.4, -0.2) is 195 Å². The number of Topliss-reactive ketones (excluding diaryl/α,β-unsaturated/α-hetero) is 10. The van der Waals surface area contributed by atoms with E-state index in [2.05, 4.69) is 40.3 Å². The van der Waals surface area contributed by atoms with Crippen molar-refractivity contribution in [2.45, 2.75) is 133 Å². The van der Waals surface area contributed by atoms with Gasteiger partial charge in [-0.1, -0.05) is 56.1 Å². The highest BCUT2D eigenvalue weighted by Crippen LogP contribution is 2.45. The number of likely N-dealkylation sites (N-methyl/N-ethyl adjacent to an activating group) is 2. The van der Waals surface area contributed by atoms with Gasteiger partial charge in [-0.3, -0.25) is 47.9 Å². The maximum Gasteiger partial charge on any atom is 0.387 e. The number of carbonyl (C=O) groups excluding carboxylic acids is 10. The fourth-order valence-corrected chi connectivity index (χ4v) is 17.6. The summed E-state index contributed by atoms with van der Waals surface area (Å²) in [6, 6.07) is 46.7. The molecule has 20 rings (SSSR count). The average Bonchev–Trinajstić information content (AvgIpc) is 1.73. The Kier molecular flexibility index (Phi) is 28.0. The molecule has 0 radical (unpaired) electrons. The summed E-state index contributed by atoms with van der Waals surface area (Å²) < 4.78 is 89.4. The second kappa shape index (κ2) is 40.5. The number of aromatic nitrogens is 5. The Balaban J connectivity index is 0.000000120. The van der Waals surface area contributed by atoms with Gasteiger partial charge in [0.25, 0.3) is 0 Å². The van der Waals surface area contributed by atoms with Crippen LogP contribution in [0.3, 0.4) is 0 Å². The number of methoxy groups -OCH3 is 2. The molecule has 5 heterocycles. The Labute approximate surface area is 747 Å². The highest BCUT2D eigenvalue weighted by molar-refractivity contribution is 6.17. The third-order valence-corrected chi connectivity index (χ3v) is 24.2. The molecule has 15 aromatic rings. The molecule has 0 aliphatic heterocycles. The summed E-state index contributed by atoms with van der Waals surface area (Å²) in [5.41, 5.74) is 6.17.